The predicted molar refractivity (Wildman–Crippen MR) is 131 cm³/mol. The number of carbonyl (C=O) groups is 1. The molecule has 10 heteroatoms. The van der Waals surface area contributed by atoms with Crippen molar-refractivity contribution in [3.05, 3.63) is 124 Å². The number of benzene rings is 2. The molecule has 2 aromatic carbocycles. The molecule has 5 rings (SSSR count). The number of amides is 1. The Hall–Kier alpha value is -4.86. The summed E-state index contributed by atoms with van der Waals surface area (Å²) >= 11 is 0. The summed E-state index contributed by atoms with van der Waals surface area (Å²) in [5.74, 6) is 0.429. The molecule has 1 N–H and O–H groups in total. The molecule has 0 aliphatic heterocycles. The highest BCUT2D eigenvalue weighted by atomic mass is 16.5. The number of nitrogens with one attached hydrogen (secondary N) is 1. The van der Waals surface area contributed by atoms with Crippen molar-refractivity contribution >= 4 is 5.91 Å². The lowest BCUT2D eigenvalue weighted by molar-refractivity contribution is 0.0941. The van der Waals surface area contributed by atoms with E-state index < -0.39 is 6.04 Å². The van der Waals surface area contributed by atoms with Crippen LogP contribution in [0.25, 0.3) is 5.69 Å². The van der Waals surface area contributed by atoms with Gasteiger partial charge in [-0.3, -0.25) is 9.59 Å². The number of aromatic nitrogens is 6. The van der Waals surface area contributed by atoms with E-state index in [2.05, 4.69) is 25.8 Å². The molecule has 0 aliphatic rings. The van der Waals surface area contributed by atoms with Crippen LogP contribution >= 0.6 is 0 Å². The predicted octanol–water partition coefficient (Wildman–Crippen LogP) is 3.00. The minimum Gasteiger partial charge on any atom is -0.340 e. The minimum absolute atomic E-state index is 0.133. The van der Waals surface area contributed by atoms with E-state index in [1.807, 2.05) is 49.4 Å². The van der Waals surface area contributed by atoms with E-state index in [9.17, 15) is 9.59 Å². The molecule has 0 aliphatic carbocycles. The summed E-state index contributed by atoms with van der Waals surface area (Å²) in [4.78, 5) is 29.9. The van der Waals surface area contributed by atoms with Crippen molar-refractivity contribution in [2.75, 3.05) is 0 Å². The van der Waals surface area contributed by atoms with Crippen LogP contribution in [-0.2, 0) is 6.54 Å². The molecule has 3 heterocycles. The Morgan fingerprint density at radius 2 is 1.86 bits per heavy atom. The van der Waals surface area contributed by atoms with Gasteiger partial charge in [-0.25, -0.2) is 4.68 Å². The summed E-state index contributed by atoms with van der Waals surface area (Å²) in [5.41, 5.74) is 3.17. The Morgan fingerprint density at radius 3 is 2.61 bits per heavy atom. The Kier molecular flexibility index (Phi) is 6.23. The minimum atomic E-state index is -0.610. The van der Waals surface area contributed by atoms with Crippen LogP contribution in [0.3, 0.4) is 0 Å². The van der Waals surface area contributed by atoms with Gasteiger partial charge < -0.3 is 14.4 Å². The highest BCUT2D eigenvalue weighted by molar-refractivity contribution is 5.98. The monoisotopic (exact) mass is 481 g/mol. The van der Waals surface area contributed by atoms with Crippen molar-refractivity contribution in [3.63, 3.8) is 0 Å². The largest absolute Gasteiger partial charge is 0.340 e. The lowest BCUT2D eigenvalue weighted by atomic mass is 10.0. The second-order valence-corrected chi connectivity index (χ2v) is 8.33. The van der Waals surface area contributed by atoms with Gasteiger partial charge in [-0.05, 0) is 36.2 Å². The molecule has 0 saturated heterocycles. The van der Waals surface area contributed by atoms with Gasteiger partial charge in [-0.1, -0.05) is 52.8 Å². The van der Waals surface area contributed by atoms with Gasteiger partial charge in [0.05, 0.1) is 24.0 Å². The zero-order valence-corrected chi connectivity index (χ0v) is 19.7. The van der Waals surface area contributed by atoms with E-state index in [0.29, 0.717) is 28.7 Å². The molecular formula is C26H23N7O3. The SMILES string of the molecule is Cc1ccc(C(=O)NC(c2ccccc2)c2noc(C)n2)c(-n2cc(Cn3ccccc3=O)nn2)c1. The summed E-state index contributed by atoms with van der Waals surface area (Å²) in [7, 11) is 0. The molecule has 0 fully saturated rings. The molecule has 10 nitrogen and oxygen atoms in total. The van der Waals surface area contributed by atoms with Crippen LogP contribution in [0, 0.1) is 13.8 Å². The lowest BCUT2D eigenvalue weighted by Gasteiger charge is -2.17. The lowest BCUT2D eigenvalue weighted by Crippen LogP contribution is -2.31. The van der Waals surface area contributed by atoms with Gasteiger partial charge in [0.15, 0.2) is 5.82 Å². The number of carbonyl (C=O) groups excluding carboxylic acids is 1. The Bertz CT molecular complexity index is 1570. The Balaban J connectivity index is 1.46. The fraction of sp³-hybridized carbons (Fsp3) is 0.154. The van der Waals surface area contributed by atoms with Gasteiger partial charge in [0.1, 0.15) is 11.7 Å². The smallest absolute Gasteiger partial charge is 0.254 e. The summed E-state index contributed by atoms with van der Waals surface area (Å²) in [5, 5.41) is 15.5. The van der Waals surface area contributed by atoms with Gasteiger partial charge in [0.2, 0.25) is 5.89 Å². The average Bonchev–Trinajstić information content (AvgIpc) is 3.53. The van der Waals surface area contributed by atoms with Gasteiger partial charge in [0.25, 0.3) is 11.5 Å². The van der Waals surface area contributed by atoms with E-state index in [0.717, 1.165) is 11.1 Å². The standard InChI is InChI=1S/C26H23N7O3/c1-17-11-12-21(22(14-17)33-16-20(29-31-33)15-32-13-7-6-10-23(32)34)26(35)28-24(19-8-4-3-5-9-19)25-27-18(2)36-30-25/h3-14,16,24H,15H2,1-2H3,(H,28,35). The molecule has 5 aromatic rings. The van der Waals surface area contributed by atoms with Crippen molar-refractivity contribution in [1.29, 1.82) is 0 Å². The van der Waals surface area contributed by atoms with Gasteiger partial charge in [-0.15, -0.1) is 5.10 Å². The first kappa shape index (κ1) is 22.9. The first-order valence-corrected chi connectivity index (χ1v) is 11.3. The number of hydrogen-bond acceptors (Lipinski definition) is 7. The fourth-order valence-corrected chi connectivity index (χ4v) is 3.86. The highest BCUT2D eigenvalue weighted by Crippen LogP contribution is 2.22. The van der Waals surface area contributed by atoms with Crippen molar-refractivity contribution in [3.8, 4) is 5.69 Å². The Morgan fingerprint density at radius 1 is 1.06 bits per heavy atom. The maximum absolute atomic E-state index is 13.6. The molecule has 0 spiro atoms. The average molecular weight is 482 g/mol. The van der Waals surface area contributed by atoms with Crippen molar-refractivity contribution in [2.45, 2.75) is 26.4 Å². The number of pyridine rings is 1. The van der Waals surface area contributed by atoms with Crippen LogP contribution in [0.2, 0.25) is 0 Å². The third kappa shape index (κ3) is 4.83. The van der Waals surface area contributed by atoms with Crippen molar-refractivity contribution in [2.24, 2.45) is 0 Å². The normalized spacial score (nSPS) is 11.8. The maximum Gasteiger partial charge on any atom is 0.254 e. The van der Waals surface area contributed by atoms with Crippen LogP contribution in [-0.4, -0.2) is 35.6 Å². The van der Waals surface area contributed by atoms with Gasteiger partial charge in [-0.2, -0.15) is 4.98 Å². The van der Waals surface area contributed by atoms with Crippen molar-refractivity contribution in [1.82, 2.24) is 35.0 Å². The van der Waals surface area contributed by atoms with E-state index >= 15 is 0 Å². The molecule has 0 saturated carbocycles. The number of rotatable bonds is 7. The first-order chi connectivity index (χ1) is 17.5. The number of aryl methyl sites for hydroxylation is 2. The fourth-order valence-electron chi connectivity index (χ4n) is 3.86. The molecule has 180 valence electrons. The second-order valence-electron chi connectivity index (χ2n) is 8.33. The molecule has 1 atom stereocenters. The highest BCUT2D eigenvalue weighted by Gasteiger charge is 2.24. The zero-order valence-electron chi connectivity index (χ0n) is 19.7. The third-order valence-corrected chi connectivity index (χ3v) is 5.63. The molecular weight excluding hydrogens is 458 g/mol. The summed E-state index contributed by atoms with van der Waals surface area (Å²) in [6.45, 7) is 3.89. The second kappa shape index (κ2) is 9.79. The molecule has 36 heavy (non-hydrogen) atoms. The van der Waals surface area contributed by atoms with Crippen LogP contribution in [0.5, 0.6) is 0 Å². The van der Waals surface area contributed by atoms with Crippen LogP contribution in [0.15, 0.2) is 88.4 Å². The van der Waals surface area contributed by atoms with E-state index in [4.69, 9.17) is 4.52 Å². The Labute approximate surface area is 206 Å². The summed E-state index contributed by atoms with van der Waals surface area (Å²) in [6, 6.07) is 19.2. The van der Waals surface area contributed by atoms with Gasteiger partial charge >= 0.3 is 0 Å². The number of nitrogens with zero attached hydrogens (tertiary/aromatic N) is 6. The quantitative estimate of drug-likeness (QED) is 0.379. The molecule has 0 radical (unpaired) electrons. The maximum atomic E-state index is 13.6. The summed E-state index contributed by atoms with van der Waals surface area (Å²) in [6.07, 6.45) is 3.40. The van der Waals surface area contributed by atoms with E-state index in [1.165, 1.54) is 10.6 Å². The first-order valence-electron chi connectivity index (χ1n) is 11.3. The van der Waals surface area contributed by atoms with E-state index in [1.54, 1.807) is 42.2 Å². The third-order valence-electron chi connectivity index (χ3n) is 5.63. The van der Waals surface area contributed by atoms with Crippen LogP contribution < -0.4 is 10.9 Å². The van der Waals surface area contributed by atoms with Gasteiger partial charge in [0, 0.05) is 19.2 Å². The number of hydrogen-bond donors (Lipinski definition) is 1. The zero-order chi connectivity index (χ0) is 25.1. The molecule has 0 bridgehead atoms. The summed E-state index contributed by atoms with van der Waals surface area (Å²) < 4.78 is 8.24. The molecule has 1 unspecified atom stereocenters. The van der Waals surface area contributed by atoms with E-state index in [-0.39, 0.29) is 18.0 Å². The van der Waals surface area contributed by atoms with Crippen LogP contribution in [0.4, 0.5) is 0 Å². The topological polar surface area (TPSA) is 121 Å². The molecule has 1 amide bonds. The van der Waals surface area contributed by atoms with Crippen molar-refractivity contribution < 1.29 is 9.32 Å². The van der Waals surface area contributed by atoms with Crippen LogP contribution in [0.1, 0.15) is 44.9 Å². The molecule has 3 aromatic heterocycles.